The maximum Gasteiger partial charge on any atom is 0.272 e. The van der Waals surface area contributed by atoms with Crippen LogP contribution in [0.2, 0.25) is 0 Å². The molecule has 1 heterocycles. The summed E-state index contributed by atoms with van der Waals surface area (Å²) in [7, 11) is 0. The first kappa shape index (κ1) is 17.1. The maximum atomic E-state index is 13.1. The molecule has 6 nitrogen and oxygen atoms in total. The highest BCUT2D eigenvalue weighted by molar-refractivity contribution is 5.96. The molecule has 0 saturated heterocycles. The molecule has 2 N–H and O–H groups in total. The monoisotopic (exact) mass is 344 g/mol. The first-order valence-electron chi connectivity index (χ1n) is 8.51. The number of carbonyl (C=O) groups excluding carboxylic acids is 2. The third kappa shape index (κ3) is 3.70. The van der Waals surface area contributed by atoms with E-state index in [1.165, 1.54) is 12.1 Å². The van der Waals surface area contributed by atoms with Crippen molar-refractivity contribution in [2.24, 2.45) is 0 Å². The second-order valence-corrected chi connectivity index (χ2v) is 6.05. The zero-order chi connectivity index (χ0) is 17.8. The molecule has 1 aromatic heterocycles. The van der Waals surface area contributed by atoms with Crippen molar-refractivity contribution < 1.29 is 14.0 Å². The number of aromatic nitrogens is 2. The molecule has 1 aliphatic rings. The SMILES string of the molecule is CCCNC(=O)CNC(=O)c1nn(-c2ccc(F)cc2)c2c1CCC2. The van der Waals surface area contributed by atoms with Gasteiger partial charge in [-0.15, -0.1) is 0 Å². The van der Waals surface area contributed by atoms with E-state index in [2.05, 4.69) is 15.7 Å². The predicted molar refractivity (Wildman–Crippen MR) is 91.2 cm³/mol. The summed E-state index contributed by atoms with van der Waals surface area (Å²) in [6, 6.07) is 6.02. The highest BCUT2D eigenvalue weighted by Crippen LogP contribution is 2.27. The summed E-state index contributed by atoms with van der Waals surface area (Å²) in [5.74, 6) is -0.890. The van der Waals surface area contributed by atoms with Crippen molar-refractivity contribution in [2.45, 2.75) is 32.6 Å². The summed E-state index contributed by atoms with van der Waals surface area (Å²) >= 11 is 0. The third-order valence-corrected chi connectivity index (χ3v) is 4.20. The van der Waals surface area contributed by atoms with Gasteiger partial charge in [-0.2, -0.15) is 5.10 Å². The van der Waals surface area contributed by atoms with E-state index in [0.717, 1.165) is 42.6 Å². The van der Waals surface area contributed by atoms with Gasteiger partial charge in [-0.3, -0.25) is 9.59 Å². The Hall–Kier alpha value is -2.70. The molecule has 2 aromatic rings. The third-order valence-electron chi connectivity index (χ3n) is 4.20. The van der Waals surface area contributed by atoms with Crippen LogP contribution >= 0.6 is 0 Å². The Morgan fingerprint density at radius 1 is 1.20 bits per heavy atom. The highest BCUT2D eigenvalue weighted by atomic mass is 19.1. The number of nitrogens with zero attached hydrogens (tertiary/aromatic N) is 2. The molecule has 132 valence electrons. The molecule has 0 fully saturated rings. The first-order chi connectivity index (χ1) is 12.1. The van der Waals surface area contributed by atoms with Gasteiger partial charge in [0.2, 0.25) is 5.91 Å². The minimum atomic E-state index is -0.356. The Labute approximate surface area is 145 Å². The van der Waals surface area contributed by atoms with E-state index in [1.54, 1.807) is 16.8 Å². The summed E-state index contributed by atoms with van der Waals surface area (Å²) in [5.41, 5.74) is 2.96. The van der Waals surface area contributed by atoms with E-state index in [1.807, 2.05) is 6.92 Å². The zero-order valence-electron chi connectivity index (χ0n) is 14.1. The average molecular weight is 344 g/mol. The van der Waals surface area contributed by atoms with Crippen molar-refractivity contribution in [1.82, 2.24) is 20.4 Å². The number of amides is 2. The number of hydrogen-bond acceptors (Lipinski definition) is 3. The largest absolute Gasteiger partial charge is 0.355 e. The molecule has 7 heteroatoms. The molecule has 2 amide bonds. The average Bonchev–Trinajstić information content (AvgIpc) is 3.21. The molecule has 1 aromatic carbocycles. The van der Waals surface area contributed by atoms with E-state index >= 15 is 0 Å². The van der Waals surface area contributed by atoms with Crippen molar-refractivity contribution in [3.05, 3.63) is 47.0 Å². The van der Waals surface area contributed by atoms with Gasteiger partial charge in [-0.25, -0.2) is 9.07 Å². The van der Waals surface area contributed by atoms with Crippen LogP contribution in [0, 0.1) is 5.82 Å². The number of hydrogen-bond donors (Lipinski definition) is 2. The van der Waals surface area contributed by atoms with E-state index < -0.39 is 0 Å². The van der Waals surface area contributed by atoms with Crippen molar-refractivity contribution >= 4 is 11.8 Å². The van der Waals surface area contributed by atoms with E-state index in [0.29, 0.717) is 12.2 Å². The standard InChI is InChI=1S/C18H21FN4O2/c1-2-10-20-16(24)11-21-18(25)17-14-4-3-5-15(14)23(22-17)13-8-6-12(19)7-9-13/h6-9H,2-5,10-11H2,1H3,(H,20,24)(H,21,25). The van der Waals surface area contributed by atoms with E-state index in [9.17, 15) is 14.0 Å². The van der Waals surface area contributed by atoms with Gasteiger partial charge in [-0.1, -0.05) is 6.92 Å². The van der Waals surface area contributed by atoms with E-state index in [-0.39, 0.29) is 24.2 Å². The number of carbonyl (C=O) groups is 2. The number of benzene rings is 1. The molecule has 25 heavy (non-hydrogen) atoms. The summed E-state index contributed by atoms with van der Waals surface area (Å²) in [4.78, 5) is 24.1. The maximum absolute atomic E-state index is 13.1. The van der Waals surface area contributed by atoms with Crippen molar-refractivity contribution in [3.63, 3.8) is 0 Å². The Balaban J connectivity index is 1.78. The van der Waals surface area contributed by atoms with Crippen LogP contribution < -0.4 is 10.6 Å². The normalized spacial score (nSPS) is 12.7. The summed E-state index contributed by atoms with van der Waals surface area (Å²) in [6.45, 7) is 2.48. The van der Waals surface area contributed by atoms with Crippen LogP contribution in [-0.2, 0) is 17.6 Å². The van der Waals surface area contributed by atoms with Gasteiger partial charge >= 0.3 is 0 Å². The van der Waals surface area contributed by atoms with Crippen LogP contribution in [0.1, 0.15) is 41.5 Å². The predicted octanol–water partition coefficient (Wildman–Crippen LogP) is 1.76. The van der Waals surface area contributed by atoms with Crippen LogP contribution in [0.25, 0.3) is 5.69 Å². The second-order valence-electron chi connectivity index (χ2n) is 6.05. The van der Waals surface area contributed by atoms with Gasteiger partial charge in [0.15, 0.2) is 5.69 Å². The minimum Gasteiger partial charge on any atom is -0.355 e. The fourth-order valence-electron chi connectivity index (χ4n) is 2.99. The molecular formula is C18H21FN4O2. The number of nitrogens with one attached hydrogen (secondary N) is 2. The van der Waals surface area contributed by atoms with Crippen LogP contribution in [0.4, 0.5) is 4.39 Å². The van der Waals surface area contributed by atoms with Crippen LogP contribution in [0.15, 0.2) is 24.3 Å². The smallest absolute Gasteiger partial charge is 0.272 e. The van der Waals surface area contributed by atoms with Crippen LogP contribution in [0.3, 0.4) is 0 Å². The lowest BCUT2D eigenvalue weighted by atomic mass is 10.2. The lowest BCUT2D eigenvalue weighted by Gasteiger charge is -2.06. The van der Waals surface area contributed by atoms with Gasteiger partial charge in [0.1, 0.15) is 5.82 Å². The zero-order valence-corrected chi connectivity index (χ0v) is 14.1. The van der Waals surface area contributed by atoms with Gasteiger partial charge in [0.05, 0.1) is 12.2 Å². The van der Waals surface area contributed by atoms with Gasteiger partial charge in [0, 0.05) is 17.8 Å². The second kappa shape index (κ2) is 7.46. The molecule has 0 radical (unpaired) electrons. The Morgan fingerprint density at radius 2 is 1.96 bits per heavy atom. The Bertz CT molecular complexity index is 783. The van der Waals surface area contributed by atoms with Gasteiger partial charge in [-0.05, 0) is 49.9 Å². The molecule has 0 bridgehead atoms. The topological polar surface area (TPSA) is 76.0 Å². The quantitative estimate of drug-likeness (QED) is 0.838. The first-order valence-corrected chi connectivity index (χ1v) is 8.51. The molecular weight excluding hydrogens is 323 g/mol. The molecule has 1 aliphatic carbocycles. The number of halogens is 1. The van der Waals surface area contributed by atoms with Crippen LogP contribution in [-0.4, -0.2) is 34.7 Å². The lowest BCUT2D eigenvalue weighted by molar-refractivity contribution is -0.120. The van der Waals surface area contributed by atoms with Gasteiger partial charge in [0.25, 0.3) is 5.91 Å². The van der Waals surface area contributed by atoms with Gasteiger partial charge < -0.3 is 10.6 Å². The molecule has 0 unspecified atom stereocenters. The van der Waals surface area contributed by atoms with E-state index in [4.69, 9.17) is 0 Å². The lowest BCUT2D eigenvalue weighted by Crippen LogP contribution is -2.37. The molecule has 3 rings (SSSR count). The molecule has 0 aliphatic heterocycles. The Kier molecular flexibility index (Phi) is 5.11. The number of rotatable bonds is 6. The molecule has 0 atom stereocenters. The molecule has 0 spiro atoms. The van der Waals surface area contributed by atoms with Crippen molar-refractivity contribution in [3.8, 4) is 5.69 Å². The number of fused-ring (bicyclic) bond motifs is 1. The Morgan fingerprint density at radius 3 is 2.68 bits per heavy atom. The van der Waals surface area contributed by atoms with Crippen LogP contribution in [0.5, 0.6) is 0 Å². The fraction of sp³-hybridized carbons (Fsp3) is 0.389. The summed E-state index contributed by atoms with van der Waals surface area (Å²) in [5, 5.41) is 9.76. The summed E-state index contributed by atoms with van der Waals surface area (Å²) < 4.78 is 14.8. The molecule has 0 saturated carbocycles. The van der Waals surface area contributed by atoms with Crippen molar-refractivity contribution in [1.29, 1.82) is 0 Å². The van der Waals surface area contributed by atoms with Crippen molar-refractivity contribution in [2.75, 3.05) is 13.1 Å². The summed E-state index contributed by atoms with van der Waals surface area (Å²) in [6.07, 6.45) is 3.40. The minimum absolute atomic E-state index is 0.0724. The fourth-order valence-corrected chi connectivity index (χ4v) is 2.99. The highest BCUT2D eigenvalue weighted by Gasteiger charge is 2.27.